The van der Waals surface area contributed by atoms with E-state index in [-0.39, 0.29) is 28.9 Å². The number of nitrogens with zero attached hydrogens (tertiary/aromatic N) is 3. The minimum absolute atomic E-state index is 0.0924. The molecule has 6 aliphatic rings. The van der Waals surface area contributed by atoms with Crippen LogP contribution in [0.25, 0.3) is 5.69 Å². The molecule has 4 fully saturated rings. The van der Waals surface area contributed by atoms with Crippen LogP contribution in [0, 0.1) is 29.6 Å². The molecule has 9 rings (SSSR count). The van der Waals surface area contributed by atoms with Gasteiger partial charge in [-0.3, -0.25) is 0 Å². The Morgan fingerprint density at radius 3 is 2.11 bits per heavy atom. The third-order valence-electron chi connectivity index (χ3n) is 8.45. The Morgan fingerprint density at radius 1 is 0.704 bits per heavy atom. The van der Waals surface area contributed by atoms with E-state index < -0.39 is 0 Å². The van der Waals surface area contributed by atoms with Crippen LogP contribution in [0.15, 0.2) is 70.3 Å². The molecule has 3 aromatic rings. The topological polar surface area (TPSA) is 48.9 Å². The van der Waals surface area contributed by atoms with Crippen molar-refractivity contribution in [1.82, 2.24) is 13.9 Å². The Hall–Kier alpha value is -2.82. The van der Waals surface area contributed by atoms with Gasteiger partial charge in [0.05, 0.1) is 17.8 Å². The van der Waals surface area contributed by atoms with Crippen molar-refractivity contribution in [3.05, 3.63) is 87.2 Å². The number of para-hydroxylation sites is 1. The minimum atomic E-state index is -0.161. The molecule has 3 heterocycles. The van der Waals surface area contributed by atoms with Crippen molar-refractivity contribution in [2.45, 2.75) is 17.5 Å². The maximum atomic E-state index is 13.4. The first-order valence-electron chi connectivity index (χ1n) is 9.85. The van der Waals surface area contributed by atoms with Gasteiger partial charge in [-0.15, -0.1) is 0 Å². The van der Waals surface area contributed by atoms with Crippen LogP contribution >= 0.6 is 0 Å². The summed E-state index contributed by atoms with van der Waals surface area (Å²) < 4.78 is 5.08. The second kappa shape index (κ2) is 3.75. The molecule has 132 valence electrons. The van der Waals surface area contributed by atoms with E-state index in [1.807, 2.05) is 39.7 Å². The quantitative estimate of drug-likeness (QED) is 0.706. The smallest absolute Gasteiger partial charge is 0.245 e. The van der Waals surface area contributed by atoms with Crippen molar-refractivity contribution in [3.8, 4) is 5.69 Å². The molecule has 4 saturated carbocycles. The van der Waals surface area contributed by atoms with Crippen molar-refractivity contribution in [3.63, 3.8) is 0 Å². The van der Waals surface area contributed by atoms with E-state index >= 15 is 0 Å². The molecule has 0 amide bonds. The Bertz CT molecular complexity index is 1270. The van der Waals surface area contributed by atoms with Gasteiger partial charge < -0.3 is 0 Å². The predicted molar refractivity (Wildman–Crippen MR) is 97.9 cm³/mol. The van der Waals surface area contributed by atoms with Crippen molar-refractivity contribution < 1.29 is 0 Å². The highest BCUT2D eigenvalue weighted by atomic mass is 16.2. The second-order valence-electron chi connectivity index (χ2n) is 8.94. The van der Waals surface area contributed by atoms with Crippen LogP contribution in [0.3, 0.4) is 0 Å². The summed E-state index contributed by atoms with van der Waals surface area (Å²) in [6.45, 7) is 0. The van der Waals surface area contributed by atoms with Crippen LogP contribution in [0.5, 0.6) is 0 Å². The number of hydrogen-bond donors (Lipinski definition) is 0. The summed E-state index contributed by atoms with van der Waals surface area (Å²) in [4.78, 5) is 26.7. The lowest BCUT2D eigenvalue weighted by atomic mass is 9.75. The monoisotopic (exact) mass is 355 g/mol. The number of aromatic nitrogens is 3. The van der Waals surface area contributed by atoms with Crippen LogP contribution in [-0.4, -0.2) is 13.9 Å². The van der Waals surface area contributed by atoms with Gasteiger partial charge in [0.2, 0.25) is 0 Å². The molecule has 27 heavy (non-hydrogen) atoms. The van der Waals surface area contributed by atoms with Gasteiger partial charge in [-0.05, 0) is 47.3 Å². The van der Waals surface area contributed by atoms with Crippen molar-refractivity contribution in [2.75, 3.05) is 0 Å². The zero-order chi connectivity index (χ0) is 17.7. The molecule has 4 aliphatic carbocycles. The first kappa shape index (κ1) is 13.4. The maximum absolute atomic E-state index is 13.4. The van der Waals surface area contributed by atoms with Gasteiger partial charge in [0.25, 0.3) is 0 Å². The molecule has 8 atom stereocenters. The summed E-state index contributed by atoms with van der Waals surface area (Å²) >= 11 is 0. The molecule has 0 radical (unpaired) electrons. The summed E-state index contributed by atoms with van der Waals surface area (Å²) in [6.07, 6.45) is 0. The molecular formula is C22H17N3O2. The Morgan fingerprint density at radius 2 is 1.37 bits per heavy atom. The van der Waals surface area contributed by atoms with Gasteiger partial charge in [-0.1, -0.05) is 48.5 Å². The molecule has 0 spiro atoms. The zero-order valence-corrected chi connectivity index (χ0v) is 14.5. The van der Waals surface area contributed by atoms with Gasteiger partial charge in [-0.25, -0.2) is 23.5 Å². The fraction of sp³-hybridized carbons (Fsp3) is 0.364. The van der Waals surface area contributed by atoms with Crippen LogP contribution in [0.4, 0.5) is 0 Å². The third kappa shape index (κ3) is 1.10. The van der Waals surface area contributed by atoms with E-state index in [1.54, 1.807) is 0 Å². The first-order valence-corrected chi connectivity index (χ1v) is 9.85. The molecule has 0 saturated heterocycles. The molecule has 2 bridgehead atoms. The summed E-state index contributed by atoms with van der Waals surface area (Å²) in [6, 6.07) is 20.4. The minimum Gasteiger partial charge on any atom is -0.245 e. The van der Waals surface area contributed by atoms with E-state index in [0.717, 1.165) is 5.92 Å². The molecule has 2 aliphatic heterocycles. The molecular weight excluding hydrogens is 338 g/mol. The Labute approximate surface area is 154 Å². The number of rotatable bonds is 2. The molecule has 1 aromatic heterocycles. The summed E-state index contributed by atoms with van der Waals surface area (Å²) in [5.74, 6) is 3.14. The molecule has 0 N–H and O–H groups in total. The van der Waals surface area contributed by atoms with Crippen LogP contribution in [0.2, 0.25) is 0 Å². The standard InChI is InChI=1S/C22H17N3O2/c26-20-23(12-9-5-2-6-10-12)21(27)25-19-15-13-14(15)18(24(20)25)17-16(13)22(17,19)11-7-3-1-4-8-11/h1-10,13-19H/t13-,14-,15+,16-,17-,18+,19+,22+/m1/s1. The average molecular weight is 355 g/mol. The number of benzene rings is 2. The van der Waals surface area contributed by atoms with Crippen LogP contribution in [-0.2, 0) is 5.41 Å². The van der Waals surface area contributed by atoms with E-state index in [9.17, 15) is 9.59 Å². The Balaban J connectivity index is 1.43. The van der Waals surface area contributed by atoms with Gasteiger partial charge in [0.15, 0.2) is 0 Å². The lowest BCUT2D eigenvalue weighted by Gasteiger charge is -2.43. The molecule has 0 unspecified atom stereocenters. The van der Waals surface area contributed by atoms with E-state index in [4.69, 9.17) is 0 Å². The maximum Gasteiger partial charge on any atom is 0.352 e. The largest absolute Gasteiger partial charge is 0.352 e. The van der Waals surface area contributed by atoms with Crippen molar-refractivity contribution >= 4 is 0 Å². The highest BCUT2D eigenvalue weighted by molar-refractivity contribution is 5.54. The average Bonchev–Trinajstić information content (AvgIpc) is 3.51. The highest BCUT2D eigenvalue weighted by Crippen LogP contribution is 2.96. The van der Waals surface area contributed by atoms with E-state index in [1.165, 1.54) is 10.1 Å². The predicted octanol–water partition coefficient (Wildman–Crippen LogP) is 1.97. The second-order valence-corrected chi connectivity index (χ2v) is 8.94. The van der Waals surface area contributed by atoms with Gasteiger partial charge >= 0.3 is 11.4 Å². The summed E-state index contributed by atoms with van der Waals surface area (Å²) in [5.41, 5.74) is 1.82. The summed E-state index contributed by atoms with van der Waals surface area (Å²) in [5, 5.41) is 0. The lowest BCUT2D eigenvalue weighted by Crippen LogP contribution is -2.50. The zero-order valence-electron chi connectivity index (χ0n) is 14.5. The van der Waals surface area contributed by atoms with E-state index in [0.29, 0.717) is 29.4 Å². The first-order chi connectivity index (χ1) is 13.3. The van der Waals surface area contributed by atoms with Gasteiger partial charge in [-0.2, -0.15) is 0 Å². The lowest BCUT2D eigenvalue weighted by molar-refractivity contribution is 0.0921. The van der Waals surface area contributed by atoms with Crippen LogP contribution in [0.1, 0.15) is 17.6 Å². The molecule has 2 aromatic carbocycles. The fourth-order valence-corrected chi connectivity index (χ4v) is 7.97. The molecule has 5 nitrogen and oxygen atoms in total. The third-order valence-corrected chi connectivity index (χ3v) is 8.45. The SMILES string of the molecule is O=c1n(-c2ccccc2)c(=O)n2n1[C@H]1[C@@H]3[C@@H]4[C@@H]3[C@H]2[C@@]2(c3ccccc3)[C@H]4[C@H]12. The van der Waals surface area contributed by atoms with E-state index in [2.05, 4.69) is 30.3 Å². The van der Waals surface area contributed by atoms with Crippen molar-refractivity contribution in [1.29, 1.82) is 0 Å². The van der Waals surface area contributed by atoms with Gasteiger partial charge in [0, 0.05) is 5.41 Å². The highest BCUT2D eigenvalue weighted by Gasteiger charge is 2.97. The fourth-order valence-electron chi connectivity index (χ4n) is 7.97. The van der Waals surface area contributed by atoms with Gasteiger partial charge in [0.1, 0.15) is 0 Å². The summed E-state index contributed by atoms with van der Waals surface area (Å²) in [7, 11) is 0. The normalized spacial score (nSPS) is 42.9. The Kier molecular flexibility index (Phi) is 1.85. The number of hydrogen-bond acceptors (Lipinski definition) is 2. The van der Waals surface area contributed by atoms with Crippen molar-refractivity contribution in [2.24, 2.45) is 29.6 Å². The van der Waals surface area contributed by atoms with Crippen LogP contribution < -0.4 is 11.4 Å². The molecule has 5 heteroatoms.